The van der Waals surface area contributed by atoms with Crippen LogP contribution in [0.15, 0.2) is 33.4 Å². The van der Waals surface area contributed by atoms with E-state index in [4.69, 9.17) is 25.5 Å². The first-order valence-corrected chi connectivity index (χ1v) is 7.92. The number of hydrogen-bond donors (Lipinski definition) is 1. The van der Waals surface area contributed by atoms with Gasteiger partial charge in [0.15, 0.2) is 21.9 Å². The zero-order valence-electron chi connectivity index (χ0n) is 11.5. The smallest absolute Gasteiger partial charge is 0.287 e. The monoisotopic (exact) mass is 385 g/mol. The lowest BCUT2D eigenvalue weighted by atomic mass is 10.1. The van der Waals surface area contributed by atoms with Crippen molar-refractivity contribution in [2.45, 2.75) is 6.42 Å². The van der Waals surface area contributed by atoms with Crippen molar-refractivity contribution in [1.82, 2.24) is 5.32 Å². The van der Waals surface area contributed by atoms with E-state index in [1.165, 1.54) is 0 Å². The van der Waals surface area contributed by atoms with Gasteiger partial charge in [0.25, 0.3) is 5.91 Å². The number of furan rings is 1. The lowest BCUT2D eigenvalue weighted by molar-refractivity contribution is 0.0925. The van der Waals surface area contributed by atoms with E-state index in [-0.39, 0.29) is 11.7 Å². The first-order valence-electron chi connectivity index (χ1n) is 6.75. The Morgan fingerprint density at radius 2 is 2.09 bits per heavy atom. The highest BCUT2D eigenvalue weighted by Crippen LogP contribution is 2.38. The first kappa shape index (κ1) is 15.2. The minimum absolute atomic E-state index is 0.255. The summed E-state index contributed by atoms with van der Waals surface area (Å²) in [6.07, 6.45) is 0.629. The molecule has 22 heavy (non-hydrogen) atoms. The zero-order valence-corrected chi connectivity index (χ0v) is 13.9. The fraction of sp³-hybridized carbons (Fsp3) is 0.267. The average Bonchev–Trinajstić information content (AvgIpc) is 2.94. The predicted molar refractivity (Wildman–Crippen MR) is 84.9 cm³/mol. The summed E-state index contributed by atoms with van der Waals surface area (Å²) < 4.78 is 16.7. The Labute approximate surface area is 140 Å². The second-order valence-electron chi connectivity index (χ2n) is 4.71. The minimum atomic E-state index is -0.255. The standard InChI is InChI=1S/C15H13BrClNO4/c16-13-2-1-11(22-13)15(19)18-4-3-9-7-10(17)14-12(8-9)20-5-6-21-14/h1-2,7-8H,3-6H2,(H,18,19). The molecule has 0 fully saturated rings. The number of halogens is 2. The lowest BCUT2D eigenvalue weighted by Gasteiger charge is -2.20. The molecule has 0 bridgehead atoms. The number of amides is 1. The number of nitrogens with one attached hydrogen (secondary N) is 1. The van der Waals surface area contributed by atoms with Gasteiger partial charge in [-0.15, -0.1) is 0 Å². The molecule has 1 aromatic heterocycles. The van der Waals surface area contributed by atoms with E-state index in [2.05, 4.69) is 21.2 Å². The highest BCUT2D eigenvalue weighted by atomic mass is 79.9. The van der Waals surface area contributed by atoms with E-state index in [1.54, 1.807) is 12.1 Å². The molecule has 0 spiro atoms. The van der Waals surface area contributed by atoms with Gasteiger partial charge in [-0.3, -0.25) is 4.79 Å². The maximum Gasteiger partial charge on any atom is 0.287 e. The van der Waals surface area contributed by atoms with Crippen LogP contribution in [0.3, 0.4) is 0 Å². The summed E-state index contributed by atoms with van der Waals surface area (Å²) in [6.45, 7) is 1.48. The van der Waals surface area contributed by atoms with Gasteiger partial charge in [-0.25, -0.2) is 0 Å². The zero-order chi connectivity index (χ0) is 15.5. The van der Waals surface area contributed by atoms with Gasteiger partial charge in [0.1, 0.15) is 13.2 Å². The minimum Gasteiger partial charge on any atom is -0.486 e. The molecule has 116 valence electrons. The van der Waals surface area contributed by atoms with Crippen molar-refractivity contribution in [2.24, 2.45) is 0 Å². The molecule has 0 aliphatic carbocycles. The molecule has 1 N–H and O–H groups in total. The largest absolute Gasteiger partial charge is 0.486 e. The molecular formula is C15H13BrClNO4. The lowest BCUT2D eigenvalue weighted by Crippen LogP contribution is -2.25. The molecule has 0 saturated carbocycles. The normalized spacial score (nSPS) is 13.0. The number of rotatable bonds is 4. The second kappa shape index (κ2) is 6.62. The maximum absolute atomic E-state index is 11.9. The Kier molecular flexibility index (Phi) is 4.59. The molecule has 2 aromatic rings. The number of fused-ring (bicyclic) bond motifs is 1. The highest BCUT2D eigenvalue weighted by molar-refractivity contribution is 9.10. The van der Waals surface area contributed by atoms with E-state index in [1.807, 2.05) is 12.1 Å². The fourth-order valence-electron chi connectivity index (χ4n) is 2.15. The van der Waals surface area contributed by atoms with Crippen LogP contribution in [0.1, 0.15) is 16.1 Å². The van der Waals surface area contributed by atoms with E-state index in [0.717, 1.165) is 5.56 Å². The topological polar surface area (TPSA) is 60.7 Å². The fourth-order valence-corrected chi connectivity index (χ4v) is 2.75. The molecule has 7 heteroatoms. The molecular weight excluding hydrogens is 374 g/mol. The SMILES string of the molecule is O=C(NCCc1cc(Cl)c2c(c1)OCCO2)c1ccc(Br)o1. The van der Waals surface area contributed by atoms with E-state index in [0.29, 0.717) is 47.4 Å². The summed E-state index contributed by atoms with van der Waals surface area (Å²) in [5, 5.41) is 3.31. The van der Waals surface area contributed by atoms with Gasteiger partial charge in [-0.2, -0.15) is 0 Å². The van der Waals surface area contributed by atoms with Crippen molar-refractivity contribution in [3.8, 4) is 11.5 Å². The third-order valence-electron chi connectivity index (χ3n) is 3.15. The predicted octanol–water partition coefficient (Wildman–Crippen LogP) is 3.44. The third kappa shape index (κ3) is 3.39. The van der Waals surface area contributed by atoms with Gasteiger partial charge in [0.2, 0.25) is 0 Å². The molecule has 1 amide bonds. The molecule has 2 heterocycles. The Bertz CT molecular complexity index is 701. The van der Waals surface area contributed by atoms with Crippen molar-refractivity contribution in [2.75, 3.05) is 19.8 Å². The third-order valence-corrected chi connectivity index (χ3v) is 3.86. The molecule has 1 aromatic carbocycles. The molecule has 1 aliphatic rings. The van der Waals surface area contributed by atoms with Gasteiger partial charge >= 0.3 is 0 Å². The van der Waals surface area contributed by atoms with Crippen LogP contribution < -0.4 is 14.8 Å². The van der Waals surface area contributed by atoms with Crippen LogP contribution in [-0.2, 0) is 6.42 Å². The molecule has 0 atom stereocenters. The van der Waals surface area contributed by atoms with E-state index < -0.39 is 0 Å². The Hall–Kier alpha value is -1.66. The van der Waals surface area contributed by atoms with Gasteiger partial charge < -0.3 is 19.2 Å². The van der Waals surface area contributed by atoms with Crippen LogP contribution >= 0.6 is 27.5 Å². The van der Waals surface area contributed by atoms with Crippen molar-refractivity contribution in [1.29, 1.82) is 0 Å². The molecule has 0 radical (unpaired) electrons. The second-order valence-corrected chi connectivity index (χ2v) is 5.90. The molecule has 3 rings (SSSR count). The van der Waals surface area contributed by atoms with Crippen LogP contribution in [0.4, 0.5) is 0 Å². The van der Waals surface area contributed by atoms with Crippen molar-refractivity contribution in [3.63, 3.8) is 0 Å². The van der Waals surface area contributed by atoms with Gasteiger partial charge in [-0.05, 0) is 52.2 Å². The number of carbonyl (C=O) groups excluding carboxylic acids is 1. The first-order chi connectivity index (χ1) is 10.6. The quantitative estimate of drug-likeness (QED) is 0.874. The summed E-state index contributed by atoms with van der Waals surface area (Å²) in [5.41, 5.74) is 0.968. The van der Waals surface area contributed by atoms with Crippen molar-refractivity contribution >= 4 is 33.4 Å². The maximum atomic E-state index is 11.9. The van der Waals surface area contributed by atoms with Crippen molar-refractivity contribution < 1.29 is 18.7 Å². The summed E-state index contributed by atoms with van der Waals surface area (Å²) in [4.78, 5) is 11.9. The Morgan fingerprint density at radius 1 is 1.27 bits per heavy atom. The summed E-state index contributed by atoms with van der Waals surface area (Å²) in [7, 11) is 0. The number of benzene rings is 1. The van der Waals surface area contributed by atoms with Gasteiger partial charge in [0.05, 0.1) is 5.02 Å². The molecule has 5 nitrogen and oxygen atoms in total. The molecule has 0 saturated heterocycles. The summed E-state index contributed by atoms with van der Waals surface area (Å²) in [6, 6.07) is 7.00. The van der Waals surface area contributed by atoms with Gasteiger partial charge in [0, 0.05) is 6.54 Å². The summed E-state index contributed by atoms with van der Waals surface area (Å²) in [5.74, 6) is 1.25. The van der Waals surface area contributed by atoms with Crippen molar-refractivity contribution in [3.05, 3.63) is 45.3 Å². The number of ether oxygens (including phenoxy) is 2. The van der Waals surface area contributed by atoms with Crippen LogP contribution in [0.2, 0.25) is 5.02 Å². The van der Waals surface area contributed by atoms with E-state index in [9.17, 15) is 4.79 Å². The Balaban J connectivity index is 1.60. The number of hydrogen-bond acceptors (Lipinski definition) is 4. The molecule has 1 aliphatic heterocycles. The summed E-state index contributed by atoms with van der Waals surface area (Å²) >= 11 is 9.34. The molecule has 0 unspecified atom stereocenters. The van der Waals surface area contributed by atoms with Gasteiger partial charge in [-0.1, -0.05) is 11.6 Å². The van der Waals surface area contributed by atoms with Crippen LogP contribution in [-0.4, -0.2) is 25.7 Å². The van der Waals surface area contributed by atoms with Crippen LogP contribution in [0, 0.1) is 0 Å². The van der Waals surface area contributed by atoms with Crippen LogP contribution in [0.25, 0.3) is 0 Å². The highest BCUT2D eigenvalue weighted by Gasteiger charge is 2.17. The number of carbonyl (C=O) groups is 1. The Morgan fingerprint density at radius 3 is 2.86 bits per heavy atom. The average molecular weight is 387 g/mol. The van der Waals surface area contributed by atoms with Crippen LogP contribution in [0.5, 0.6) is 11.5 Å². The van der Waals surface area contributed by atoms with E-state index >= 15 is 0 Å².